The van der Waals surface area contributed by atoms with Crippen molar-refractivity contribution in [3.05, 3.63) is 101 Å². The first-order valence-electron chi connectivity index (χ1n) is 11.3. The summed E-state index contributed by atoms with van der Waals surface area (Å²) < 4.78 is 5.61. The number of amides is 2. The minimum absolute atomic E-state index is 0.288. The molecule has 0 saturated carbocycles. The van der Waals surface area contributed by atoms with E-state index in [2.05, 4.69) is 17.0 Å². The molecule has 2 heterocycles. The van der Waals surface area contributed by atoms with E-state index >= 15 is 0 Å². The lowest BCUT2D eigenvalue weighted by molar-refractivity contribution is -0.120. The van der Waals surface area contributed by atoms with Gasteiger partial charge >= 0.3 is 0 Å². The van der Waals surface area contributed by atoms with Crippen LogP contribution in [-0.4, -0.2) is 29.9 Å². The maximum atomic E-state index is 13.8. The van der Waals surface area contributed by atoms with Gasteiger partial charge in [0.15, 0.2) is 0 Å². The van der Waals surface area contributed by atoms with Crippen molar-refractivity contribution in [1.29, 1.82) is 0 Å². The first-order chi connectivity index (χ1) is 16.1. The van der Waals surface area contributed by atoms with E-state index in [1.165, 1.54) is 16.0 Å². The number of carbonyl (C=O) groups excluding carboxylic acids is 2. The van der Waals surface area contributed by atoms with Crippen molar-refractivity contribution in [3.8, 4) is 5.75 Å². The van der Waals surface area contributed by atoms with Crippen LogP contribution in [0.2, 0.25) is 0 Å². The number of hydrogen-bond acceptors (Lipinski definition) is 4. The Morgan fingerprint density at radius 2 is 1.64 bits per heavy atom. The molecule has 166 valence electrons. The first-order valence-corrected chi connectivity index (χ1v) is 11.3. The quantitative estimate of drug-likeness (QED) is 0.540. The molecule has 5 rings (SSSR count). The lowest BCUT2D eigenvalue weighted by Crippen LogP contribution is -2.37. The number of rotatable bonds is 5. The van der Waals surface area contributed by atoms with Gasteiger partial charge in [0.2, 0.25) is 0 Å². The number of benzene rings is 3. The van der Waals surface area contributed by atoms with Crippen LogP contribution in [0.5, 0.6) is 5.75 Å². The zero-order valence-corrected chi connectivity index (χ0v) is 18.9. The highest BCUT2D eigenvalue weighted by atomic mass is 16.5. The number of ether oxygens (including phenoxy) is 1. The molecule has 0 aliphatic carbocycles. The van der Waals surface area contributed by atoms with Crippen molar-refractivity contribution >= 4 is 23.1 Å². The first kappa shape index (κ1) is 21.0. The molecule has 0 N–H and O–H groups in total. The number of imide groups is 1. The summed E-state index contributed by atoms with van der Waals surface area (Å²) >= 11 is 0. The highest BCUT2D eigenvalue weighted by molar-refractivity contribution is 6.45. The summed E-state index contributed by atoms with van der Waals surface area (Å²) in [6.45, 7) is 5.72. The van der Waals surface area contributed by atoms with Gasteiger partial charge in [0.1, 0.15) is 11.4 Å². The van der Waals surface area contributed by atoms with Crippen molar-refractivity contribution in [3.63, 3.8) is 0 Å². The summed E-state index contributed by atoms with van der Waals surface area (Å²) in [4.78, 5) is 30.9. The van der Waals surface area contributed by atoms with Crippen LogP contribution < -0.4 is 9.64 Å². The Bertz CT molecular complexity index is 1260. The summed E-state index contributed by atoms with van der Waals surface area (Å²) in [5.74, 6) is 0.0443. The molecule has 0 bridgehead atoms. The predicted molar refractivity (Wildman–Crippen MR) is 129 cm³/mol. The molecule has 0 atom stereocenters. The van der Waals surface area contributed by atoms with Gasteiger partial charge in [-0.3, -0.25) is 9.59 Å². The number of fused-ring (bicyclic) bond motifs is 1. The van der Waals surface area contributed by atoms with Gasteiger partial charge in [0.25, 0.3) is 11.8 Å². The van der Waals surface area contributed by atoms with Gasteiger partial charge in [-0.1, -0.05) is 60.2 Å². The van der Waals surface area contributed by atoms with E-state index in [-0.39, 0.29) is 11.8 Å². The third-order valence-corrected chi connectivity index (χ3v) is 6.23. The van der Waals surface area contributed by atoms with Crippen LogP contribution in [0.4, 0.5) is 5.69 Å². The van der Waals surface area contributed by atoms with Crippen molar-refractivity contribution in [1.82, 2.24) is 4.90 Å². The molecular formula is C28H26N2O3. The molecule has 0 fully saturated rings. The van der Waals surface area contributed by atoms with E-state index in [9.17, 15) is 9.59 Å². The van der Waals surface area contributed by atoms with Crippen LogP contribution in [-0.2, 0) is 22.6 Å². The zero-order chi connectivity index (χ0) is 22.9. The van der Waals surface area contributed by atoms with Gasteiger partial charge in [0.05, 0.1) is 17.9 Å². The lowest BCUT2D eigenvalue weighted by atomic mass is 9.97. The molecule has 0 spiro atoms. The lowest BCUT2D eigenvalue weighted by Gasteiger charge is -2.31. The van der Waals surface area contributed by atoms with Gasteiger partial charge in [-0.25, -0.2) is 4.90 Å². The average molecular weight is 439 g/mol. The fraction of sp³-hybridized carbons (Fsp3) is 0.214. The van der Waals surface area contributed by atoms with E-state index < -0.39 is 0 Å². The Labute approximate surface area is 193 Å². The summed E-state index contributed by atoms with van der Waals surface area (Å²) in [5, 5.41) is 0. The van der Waals surface area contributed by atoms with Gasteiger partial charge in [-0.05, 0) is 49.1 Å². The molecular weight excluding hydrogens is 412 g/mol. The van der Waals surface area contributed by atoms with E-state index in [1.54, 1.807) is 12.1 Å². The van der Waals surface area contributed by atoms with Gasteiger partial charge < -0.3 is 9.64 Å². The Kier molecular flexibility index (Phi) is 5.47. The van der Waals surface area contributed by atoms with Crippen LogP contribution in [0.15, 0.2) is 78.5 Å². The van der Waals surface area contributed by atoms with E-state index in [0.717, 1.165) is 17.5 Å². The molecule has 0 saturated heterocycles. The molecule has 0 unspecified atom stereocenters. The summed E-state index contributed by atoms with van der Waals surface area (Å²) in [7, 11) is 0. The normalized spacial score (nSPS) is 15.8. The molecule has 2 aliphatic rings. The van der Waals surface area contributed by atoms with Crippen molar-refractivity contribution < 1.29 is 14.3 Å². The molecule has 3 aromatic carbocycles. The highest BCUT2D eigenvalue weighted by Crippen LogP contribution is 2.37. The minimum atomic E-state index is -0.300. The summed E-state index contributed by atoms with van der Waals surface area (Å²) in [5.41, 5.74) is 5.80. The SMILES string of the molecule is CCOc1cccc(N2C(=O)C(c3ccc(C)cc3)=C(N3CCc4ccccc4C3)C2=O)c1. The van der Waals surface area contributed by atoms with Crippen molar-refractivity contribution in [2.75, 3.05) is 18.1 Å². The largest absolute Gasteiger partial charge is 0.494 e. The summed E-state index contributed by atoms with van der Waals surface area (Å²) in [6, 6.07) is 23.3. The maximum absolute atomic E-state index is 13.8. The second-order valence-electron chi connectivity index (χ2n) is 8.41. The molecule has 5 nitrogen and oxygen atoms in total. The molecule has 2 amide bonds. The van der Waals surface area contributed by atoms with Gasteiger partial charge in [-0.15, -0.1) is 0 Å². The van der Waals surface area contributed by atoms with Crippen LogP contribution in [0.25, 0.3) is 5.57 Å². The molecule has 2 aliphatic heterocycles. The predicted octanol–water partition coefficient (Wildman–Crippen LogP) is 4.74. The standard InChI is InChI=1S/C28H26N2O3/c1-3-33-24-10-6-9-23(17-24)30-27(31)25(21-13-11-19(2)12-14-21)26(28(30)32)29-16-15-20-7-4-5-8-22(20)18-29/h4-14,17H,3,15-16,18H2,1-2H3. The van der Waals surface area contributed by atoms with Crippen molar-refractivity contribution in [2.45, 2.75) is 26.8 Å². The van der Waals surface area contributed by atoms with E-state index in [0.29, 0.717) is 42.4 Å². The topological polar surface area (TPSA) is 49.9 Å². The zero-order valence-electron chi connectivity index (χ0n) is 18.9. The monoisotopic (exact) mass is 438 g/mol. The van der Waals surface area contributed by atoms with Crippen LogP contribution in [0.3, 0.4) is 0 Å². The fourth-order valence-electron chi connectivity index (χ4n) is 4.59. The average Bonchev–Trinajstić information content (AvgIpc) is 3.09. The molecule has 33 heavy (non-hydrogen) atoms. The number of anilines is 1. The number of carbonyl (C=O) groups is 2. The Morgan fingerprint density at radius 3 is 2.39 bits per heavy atom. The number of hydrogen-bond donors (Lipinski definition) is 0. The Balaban J connectivity index is 1.60. The fourth-order valence-corrected chi connectivity index (χ4v) is 4.59. The highest BCUT2D eigenvalue weighted by Gasteiger charge is 2.43. The third-order valence-electron chi connectivity index (χ3n) is 6.23. The second kappa shape index (κ2) is 8.58. The second-order valence-corrected chi connectivity index (χ2v) is 8.41. The molecule has 3 aromatic rings. The van der Waals surface area contributed by atoms with Crippen molar-refractivity contribution in [2.24, 2.45) is 0 Å². The smallest absolute Gasteiger partial charge is 0.282 e. The third kappa shape index (κ3) is 3.80. The minimum Gasteiger partial charge on any atom is -0.494 e. The molecule has 0 aromatic heterocycles. The van der Waals surface area contributed by atoms with Gasteiger partial charge in [0, 0.05) is 19.2 Å². The van der Waals surface area contributed by atoms with Crippen LogP contribution in [0, 0.1) is 6.92 Å². The number of nitrogens with zero attached hydrogens (tertiary/aromatic N) is 2. The van der Waals surface area contributed by atoms with Crippen LogP contribution in [0.1, 0.15) is 29.2 Å². The van der Waals surface area contributed by atoms with E-state index in [4.69, 9.17) is 4.74 Å². The Hall–Kier alpha value is -3.86. The molecule has 5 heteroatoms. The molecule has 0 radical (unpaired) electrons. The number of aryl methyl sites for hydroxylation is 1. The summed E-state index contributed by atoms with van der Waals surface area (Å²) in [6.07, 6.45) is 0.835. The van der Waals surface area contributed by atoms with E-state index in [1.807, 2.05) is 62.4 Å². The maximum Gasteiger partial charge on any atom is 0.282 e. The Morgan fingerprint density at radius 1 is 0.879 bits per heavy atom. The van der Waals surface area contributed by atoms with Crippen LogP contribution >= 0.6 is 0 Å². The van der Waals surface area contributed by atoms with Gasteiger partial charge in [-0.2, -0.15) is 0 Å².